The van der Waals surface area contributed by atoms with Crippen LogP contribution in [0.2, 0.25) is 0 Å². The fourth-order valence-corrected chi connectivity index (χ4v) is 3.02. The first kappa shape index (κ1) is 13.6. The molecule has 2 aromatic rings. The van der Waals surface area contributed by atoms with Crippen LogP contribution in [0.4, 0.5) is 5.82 Å². The van der Waals surface area contributed by atoms with Crippen LogP contribution in [0, 0.1) is 6.92 Å². The molecule has 2 rings (SSSR count). The van der Waals surface area contributed by atoms with Crippen molar-refractivity contribution in [3.8, 4) is 0 Å². The summed E-state index contributed by atoms with van der Waals surface area (Å²) in [5, 5.41) is 4.00. The number of anilines is 1. The van der Waals surface area contributed by atoms with Gasteiger partial charge in [-0.05, 0) is 24.1 Å². The molecule has 7 heteroatoms. The molecule has 0 atom stereocenters. The number of aryl methyl sites for hydroxylation is 2. The molecule has 0 saturated carbocycles. The fourth-order valence-electron chi connectivity index (χ4n) is 1.72. The smallest absolute Gasteiger partial charge is 0.263 e. The van der Waals surface area contributed by atoms with Crippen LogP contribution in [-0.4, -0.2) is 18.2 Å². The highest BCUT2D eigenvalue weighted by Crippen LogP contribution is 2.19. The van der Waals surface area contributed by atoms with Crippen LogP contribution in [0.1, 0.15) is 11.1 Å². The summed E-state index contributed by atoms with van der Waals surface area (Å²) < 4.78 is 28.6. The maximum atomic E-state index is 12.3. The molecule has 0 amide bonds. The third-order valence-corrected chi connectivity index (χ3v) is 4.23. The van der Waals surface area contributed by atoms with Gasteiger partial charge in [-0.15, -0.1) is 0 Å². The monoisotopic (exact) mass is 280 g/mol. The molecule has 0 bridgehead atoms. The van der Waals surface area contributed by atoms with Gasteiger partial charge in [0.1, 0.15) is 0 Å². The van der Waals surface area contributed by atoms with E-state index in [2.05, 4.69) is 9.82 Å². The highest BCUT2D eigenvalue weighted by molar-refractivity contribution is 7.92. The highest BCUT2D eigenvalue weighted by Gasteiger charge is 2.18. The molecule has 0 unspecified atom stereocenters. The van der Waals surface area contributed by atoms with E-state index in [9.17, 15) is 8.42 Å². The molecule has 0 aliphatic rings. The first-order valence-corrected chi connectivity index (χ1v) is 7.23. The molecule has 6 nitrogen and oxygen atoms in total. The Labute approximate surface area is 112 Å². The third-order valence-electron chi connectivity index (χ3n) is 2.73. The van der Waals surface area contributed by atoms with Crippen molar-refractivity contribution in [2.24, 2.45) is 12.8 Å². The molecule has 1 heterocycles. The van der Waals surface area contributed by atoms with E-state index in [-0.39, 0.29) is 4.90 Å². The number of benzene rings is 1. The average Bonchev–Trinajstić information content (AvgIpc) is 2.74. The third kappa shape index (κ3) is 2.94. The van der Waals surface area contributed by atoms with E-state index in [4.69, 9.17) is 5.73 Å². The van der Waals surface area contributed by atoms with Crippen molar-refractivity contribution in [3.05, 3.63) is 41.6 Å². The summed E-state index contributed by atoms with van der Waals surface area (Å²) in [6.07, 6.45) is 1.67. The number of nitrogens with one attached hydrogen (secondary N) is 1. The summed E-state index contributed by atoms with van der Waals surface area (Å²) in [4.78, 5) is 0.223. The van der Waals surface area contributed by atoms with E-state index in [1.54, 1.807) is 38.4 Å². The maximum absolute atomic E-state index is 12.3. The zero-order valence-electron chi connectivity index (χ0n) is 10.8. The van der Waals surface area contributed by atoms with Crippen molar-refractivity contribution in [1.29, 1.82) is 0 Å². The summed E-state index contributed by atoms with van der Waals surface area (Å²) in [7, 11) is -1.92. The molecule has 102 valence electrons. The lowest BCUT2D eigenvalue weighted by atomic mass is 10.1. The normalized spacial score (nSPS) is 11.5. The Hall–Kier alpha value is -1.86. The minimum atomic E-state index is -3.64. The Morgan fingerprint density at radius 1 is 1.37 bits per heavy atom. The lowest BCUT2D eigenvalue weighted by Gasteiger charge is -2.09. The van der Waals surface area contributed by atoms with Crippen LogP contribution in [-0.2, 0) is 23.6 Å². The largest absolute Gasteiger partial charge is 0.326 e. The van der Waals surface area contributed by atoms with Crippen molar-refractivity contribution in [3.63, 3.8) is 0 Å². The van der Waals surface area contributed by atoms with Gasteiger partial charge in [0, 0.05) is 25.9 Å². The first-order chi connectivity index (χ1) is 8.92. The van der Waals surface area contributed by atoms with Gasteiger partial charge in [0.2, 0.25) is 0 Å². The molecule has 1 aromatic carbocycles. The van der Waals surface area contributed by atoms with Gasteiger partial charge in [0.15, 0.2) is 5.82 Å². The summed E-state index contributed by atoms with van der Waals surface area (Å²) >= 11 is 0. The highest BCUT2D eigenvalue weighted by atomic mass is 32.2. The number of hydrogen-bond donors (Lipinski definition) is 2. The molecule has 19 heavy (non-hydrogen) atoms. The Kier molecular flexibility index (Phi) is 3.59. The average molecular weight is 280 g/mol. The maximum Gasteiger partial charge on any atom is 0.263 e. The zero-order valence-corrected chi connectivity index (χ0v) is 11.6. The second-order valence-corrected chi connectivity index (χ2v) is 5.93. The summed E-state index contributed by atoms with van der Waals surface area (Å²) in [6.45, 7) is 2.04. The van der Waals surface area contributed by atoms with Crippen LogP contribution in [0.25, 0.3) is 0 Å². The summed E-state index contributed by atoms with van der Waals surface area (Å²) in [5.74, 6) is 0.292. The van der Waals surface area contributed by atoms with Crippen LogP contribution in [0.5, 0.6) is 0 Å². The van der Waals surface area contributed by atoms with E-state index in [1.807, 2.05) is 6.07 Å². The molecule has 0 saturated heterocycles. The van der Waals surface area contributed by atoms with Gasteiger partial charge in [-0.1, -0.05) is 12.1 Å². The van der Waals surface area contributed by atoms with Gasteiger partial charge in [-0.3, -0.25) is 9.40 Å². The molecular weight excluding hydrogens is 264 g/mol. The van der Waals surface area contributed by atoms with Crippen LogP contribution in [0.15, 0.2) is 35.4 Å². The number of nitrogens with zero attached hydrogens (tertiary/aromatic N) is 2. The fraction of sp³-hybridized carbons (Fsp3) is 0.250. The van der Waals surface area contributed by atoms with Gasteiger partial charge < -0.3 is 5.73 Å². The van der Waals surface area contributed by atoms with Crippen molar-refractivity contribution >= 4 is 15.8 Å². The molecule has 0 radical (unpaired) electrons. The standard InChI is InChI=1S/C12H16N4O2S/c1-9-3-4-10(8-13)7-11(9)19(17,18)15-12-5-6-16(2)14-12/h3-7H,8,13H2,1-2H3,(H,14,15). The Morgan fingerprint density at radius 3 is 2.68 bits per heavy atom. The van der Waals surface area contributed by atoms with E-state index < -0.39 is 10.0 Å². The van der Waals surface area contributed by atoms with E-state index in [0.717, 1.165) is 5.56 Å². The molecule has 3 N–H and O–H groups in total. The molecular formula is C12H16N4O2S. The summed E-state index contributed by atoms with van der Waals surface area (Å²) in [6, 6.07) is 6.74. The Bertz CT molecular complexity index is 692. The summed E-state index contributed by atoms with van der Waals surface area (Å²) in [5.41, 5.74) is 6.97. The van der Waals surface area contributed by atoms with E-state index in [1.165, 1.54) is 4.68 Å². The molecule has 0 fully saturated rings. The van der Waals surface area contributed by atoms with Crippen LogP contribution < -0.4 is 10.5 Å². The minimum absolute atomic E-state index is 0.223. The van der Waals surface area contributed by atoms with Crippen molar-refractivity contribution in [2.45, 2.75) is 18.4 Å². The predicted molar refractivity (Wildman–Crippen MR) is 73.1 cm³/mol. The lowest BCUT2D eigenvalue weighted by molar-refractivity contribution is 0.600. The second-order valence-electron chi connectivity index (χ2n) is 4.28. The van der Waals surface area contributed by atoms with E-state index in [0.29, 0.717) is 17.9 Å². The topological polar surface area (TPSA) is 90.0 Å². The Balaban J connectivity index is 2.39. The van der Waals surface area contributed by atoms with Gasteiger partial charge in [-0.25, -0.2) is 8.42 Å². The number of hydrogen-bond acceptors (Lipinski definition) is 4. The molecule has 0 aliphatic heterocycles. The SMILES string of the molecule is Cc1ccc(CN)cc1S(=O)(=O)Nc1ccn(C)n1. The molecule has 1 aromatic heterocycles. The number of aromatic nitrogens is 2. The quantitative estimate of drug-likeness (QED) is 0.873. The van der Waals surface area contributed by atoms with E-state index >= 15 is 0 Å². The van der Waals surface area contributed by atoms with Gasteiger partial charge >= 0.3 is 0 Å². The molecule has 0 spiro atoms. The van der Waals surface area contributed by atoms with Crippen molar-refractivity contribution in [2.75, 3.05) is 4.72 Å². The van der Waals surface area contributed by atoms with Crippen molar-refractivity contribution < 1.29 is 8.42 Å². The minimum Gasteiger partial charge on any atom is -0.326 e. The first-order valence-electron chi connectivity index (χ1n) is 5.74. The number of nitrogens with two attached hydrogens (primary N) is 1. The second kappa shape index (κ2) is 5.02. The van der Waals surface area contributed by atoms with Crippen molar-refractivity contribution in [1.82, 2.24) is 9.78 Å². The van der Waals surface area contributed by atoms with Gasteiger partial charge in [0.25, 0.3) is 10.0 Å². The number of rotatable bonds is 4. The van der Waals surface area contributed by atoms with Crippen LogP contribution in [0.3, 0.4) is 0 Å². The molecule has 0 aliphatic carbocycles. The Morgan fingerprint density at radius 2 is 2.11 bits per heavy atom. The lowest BCUT2D eigenvalue weighted by Crippen LogP contribution is -2.15. The van der Waals surface area contributed by atoms with Gasteiger partial charge in [-0.2, -0.15) is 5.10 Å². The van der Waals surface area contributed by atoms with Gasteiger partial charge in [0.05, 0.1) is 4.90 Å². The predicted octanol–water partition coefficient (Wildman–Crippen LogP) is 0.988. The number of sulfonamides is 1. The zero-order chi connectivity index (χ0) is 14.0. The van der Waals surface area contributed by atoms with Crippen LogP contribution >= 0.6 is 0 Å².